The maximum Gasteiger partial charge on any atom is 0.174 e. The summed E-state index contributed by atoms with van der Waals surface area (Å²) < 4.78 is 0.817. The molecule has 0 radical (unpaired) electrons. The second-order valence-electron chi connectivity index (χ2n) is 4.42. The number of aliphatic carboxylic acids is 1. The number of quaternary nitrogens is 1. The number of hydrogen-bond donors (Lipinski definition) is 2. The first-order valence-corrected chi connectivity index (χ1v) is 5.00. The van der Waals surface area contributed by atoms with Gasteiger partial charge in [0.25, 0.3) is 0 Å². The van der Waals surface area contributed by atoms with E-state index in [9.17, 15) is 9.90 Å². The van der Waals surface area contributed by atoms with Gasteiger partial charge in [-0.25, -0.2) is 0 Å². The summed E-state index contributed by atoms with van der Waals surface area (Å²) >= 11 is 4.87. The van der Waals surface area contributed by atoms with Crippen molar-refractivity contribution in [3.8, 4) is 0 Å². The van der Waals surface area contributed by atoms with Crippen LogP contribution in [0.4, 0.5) is 0 Å². The molecule has 84 valence electrons. The highest BCUT2D eigenvalue weighted by molar-refractivity contribution is 7.71. The molecule has 0 bridgehead atoms. The summed E-state index contributed by atoms with van der Waals surface area (Å²) in [7, 11) is 5.46. The molecule has 5 nitrogen and oxygen atoms in total. The Morgan fingerprint density at radius 2 is 2.20 bits per heavy atom. The van der Waals surface area contributed by atoms with Gasteiger partial charge in [-0.05, 0) is 12.2 Å². The minimum atomic E-state index is -1.05. The quantitative estimate of drug-likeness (QED) is 0.415. The zero-order valence-corrected chi connectivity index (χ0v) is 9.85. The molecule has 0 aliphatic heterocycles. The molecule has 2 N–H and O–H groups in total. The van der Waals surface area contributed by atoms with Crippen molar-refractivity contribution < 1.29 is 14.4 Å². The molecular formula is C9H15N3O2S. The van der Waals surface area contributed by atoms with Crippen molar-refractivity contribution in [1.29, 1.82) is 0 Å². The number of nitrogens with zero attached hydrogens (tertiary/aromatic N) is 1. The number of nitrogens with one attached hydrogen (secondary N) is 2. The molecule has 0 saturated carbocycles. The van der Waals surface area contributed by atoms with Gasteiger partial charge in [-0.3, -0.25) is 0 Å². The van der Waals surface area contributed by atoms with E-state index in [1.165, 1.54) is 0 Å². The molecule has 0 fully saturated rings. The van der Waals surface area contributed by atoms with Gasteiger partial charge in [0.2, 0.25) is 0 Å². The SMILES string of the molecule is C[N+](C)(C)[13CH](Cc1c[15nH]c(=S)[15nH]1)C(=O)[O-]. The molecule has 1 heterocycles. The smallest absolute Gasteiger partial charge is 0.174 e. The average Bonchev–Trinajstić information content (AvgIpc) is 2.44. The van der Waals surface area contributed by atoms with Crippen LogP contribution in [-0.4, -0.2) is 47.6 Å². The number of carbonyl (C=O) groups excluding carboxylic acids is 1. The summed E-state index contributed by atoms with van der Waals surface area (Å²) in [5, 5.41) is 11.0. The molecule has 0 saturated heterocycles. The Bertz CT molecular complexity index is 402. The van der Waals surface area contributed by atoms with Crippen LogP contribution in [0.1, 0.15) is 5.69 Å². The fourth-order valence-corrected chi connectivity index (χ4v) is 1.55. The third-order valence-electron chi connectivity index (χ3n) is 2.27. The van der Waals surface area contributed by atoms with Gasteiger partial charge in [-0.2, -0.15) is 0 Å². The number of carboxylic acids is 1. The normalized spacial score (nSPS) is 13.8. The number of aromatic amines is 2. The summed E-state index contributed by atoms with van der Waals surface area (Å²) in [6, 6.07) is -0.591. The lowest BCUT2D eigenvalue weighted by Crippen LogP contribution is -2.55. The monoisotopic (exact) mass is 232 g/mol. The van der Waals surface area contributed by atoms with Gasteiger partial charge in [0.05, 0.1) is 27.1 Å². The molecule has 0 spiro atoms. The van der Waals surface area contributed by atoms with Gasteiger partial charge in [0, 0.05) is 18.3 Å². The maximum absolute atomic E-state index is 11.0. The number of carbonyl (C=O) groups is 1. The fourth-order valence-electron chi connectivity index (χ4n) is 1.36. The van der Waals surface area contributed by atoms with Crippen LogP contribution in [0.15, 0.2) is 6.20 Å². The van der Waals surface area contributed by atoms with Crippen molar-refractivity contribution in [2.24, 2.45) is 0 Å². The van der Waals surface area contributed by atoms with E-state index in [2.05, 4.69) is 9.97 Å². The number of hydrogen-bond acceptors (Lipinski definition) is 3. The molecule has 1 aromatic heterocycles. The van der Waals surface area contributed by atoms with Crippen LogP contribution in [0.2, 0.25) is 0 Å². The lowest BCUT2D eigenvalue weighted by Gasteiger charge is -2.34. The van der Waals surface area contributed by atoms with E-state index in [1.54, 1.807) is 6.20 Å². The van der Waals surface area contributed by atoms with Crippen molar-refractivity contribution in [2.45, 2.75) is 12.5 Å². The molecule has 6 heteroatoms. The van der Waals surface area contributed by atoms with E-state index < -0.39 is 12.0 Å². The van der Waals surface area contributed by atoms with Crippen molar-refractivity contribution in [2.75, 3.05) is 21.1 Å². The summed E-state index contributed by atoms with van der Waals surface area (Å²) in [4.78, 5) is 16.7. The predicted molar refractivity (Wildman–Crippen MR) is 56.5 cm³/mol. The largest absolute Gasteiger partial charge is 0.544 e. The second kappa shape index (κ2) is 4.16. The molecule has 15 heavy (non-hydrogen) atoms. The molecule has 0 amide bonds. The molecule has 1 aromatic rings. The van der Waals surface area contributed by atoms with Crippen molar-refractivity contribution in [3.05, 3.63) is 16.7 Å². The Hall–Kier alpha value is -1.14. The van der Waals surface area contributed by atoms with Crippen LogP contribution >= 0.6 is 12.2 Å². The third-order valence-corrected chi connectivity index (χ3v) is 2.49. The lowest BCUT2D eigenvalue weighted by atomic mass is 10.4. The first kappa shape index (κ1) is 11.9. The van der Waals surface area contributed by atoms with Crippen LogP contribution in [0.25, 0.3) is 0 Å². The van der Waals surface area contributed by atoms with Gasteiger partial charge < -0.3 is 24.4 Å². The Labute approximate surface area is 93.3 Å². The van der Waals surface area contributed by atoms with Gasteiger partial charge in [0.1, 0.15) is 6.04 Å². The Balaban J connectivity index is 2.85. The standard InChI is InChI=1S/C9H15N3O2S/c1-12(2,3)7(8(13)14)4-6-5-10-9(15)11-6/h5,7H,4H2,1-3H3,(H2-,10,11,13,14,15)/i7+1,10+1,11+1. The summed E-state index contributed by atoms with van der Waals surface area (Å²) in [5.41, 5.74) is 0.780. The minimum Gasteiger partial charge on any atom is -0.544 e. The zero-order chi connectivity index (χ0) is 11.6. The molecule has 0 aliphatic rings. The maximum atomic E-state index is 11.0. The van der Waals surface area contributed by atoms with Crippen LogP contribution in [-0.2, 0) is 11.2 Å². The summed E-state index contributed by atoms with van der Waals surface area (Å²) in [6.07, 6.45) is 2.06. The molecule has 1 atom stereocenters. The van der Waals surface area contributed by atoms with Gasteiger partial charge in [-0.15, -0.1) is 0 Å². The van der Waals surface area contributed by atoms with E-state index in [1.807, 2.05) is 21.1 Å². The van der Waals surface area contributed by atoms with E-state index in [0.717, 1.165) is 5.69 Å². The molecule has 0 aliphatic carbocycles. The molecule has 1 unspecified atom stereocenters. The van der Waals surface area contributed by atoms with Crippen molar-refractivity contribution >= 4 is 18.2 Å². The van der Waals surface area contributed by atoms with Crippen molar-refractivity contribution in [3.63, 3.8) is 0 Å². The highest BCUT2D eigenvalue weighted by Gasteiger charge is 2.25. The summed E-state index contributed by atoms with van der Waals surface area (Å²) in [6.45, 7) is 0. The zero-order valence-electron chi connectivity index (χ0n) is 9.03. The first-order chi connectivity index (χ1) is 6.80. The van der Waals surface area contributed by atoms with Crippen molar-refractivity contribution in [1.82, 2.24) is 9.97 Å². The van der Waals surface area contributed by atoms with E-state index in [-0.39, 0.29) is 0 Å². The Kier molecular flexibility index (Phi) is 3.31. The number of imidazole rings is 1. The minimum absolute atomic E-state index is 0.314. The van der Waals surface area contributed by atoms with Crippen LogP contribution < -0.4 is 5.11 Å². The Morgan fingerprint density at radius 1 is 1.60 bits per heavy atom. The van der Waals surface area contributed by atoms with Gasteiger partial charge >= 0.3 is 0 Å². The number of likely N-dealkylation sites (N-methyl/N-ethyl adjacent to an activating group) is 1. The number of carboxylic acid groups (broad SMARTS) is 1. The number of rotatable bonds is 4. The molecular weight excluding hydrogens is 217 g/mol. The van der Waals surface area contributed by atoms with E-state index in [4.69, 9.17) is 12.2 Å². The highest BCUT2D eigenvalue weighted by atomic mass is 32.1. The van der Waals surface area contributed by atoms with Crippen LogP contribution in [0, 0.1) is 4.77 Å². The fraction of sp³-hybridized carbons (Fsp3) is 0.556. The van der Waals surface area contributed by atoms with Gasteiger partial charge in [0.15, 0.2) is 4.77 Å². The average molecular weight is 232 g/mol. The van der Waals surface area contributed by atoms with E-state index >= 15 is 0 Å². The molecule has 0 aromatic carbocycles. The highest BCUT2D eigenvalue weighted by Crippen LogP contribution is 2.08. The van der Waals surface area contributed by atoms with Crippen LogP contribution in [0.5, 0.6) is 0 Å². The first-order valence-electron chi connectivity index (χ1n) is 4.59. The summed E-state index contributed by atoms with van der Waals surface area (Å²) in [5.74, 6) is -1.05. The third kappa shape index (κ3) is 3.17. The lowest BCUT2D eigenvalue weighted by molar-refractivity contribution is -0.889. The number of H-pyrrole nitrogens is 2. The van der Waals surface area contributed by atoms with E-state index in [0.29, 0.717) is 15.7 Å². The number of aromatic nitrogens is 2. The van der Waals surface area contributed by atoms with Gasteiger partial charge in [-0.1, -0.05) is 0 Å². The second-order valence-corrected chi connectivity index (χ2v) is 4.83. The topological polar surface area (TPSA) is 71.7 Å². The van der Waals surface area contributed by atoms with Crippen LogP contribution in [0.3, 0.4) is 0 Å². The predicted octanol–water partition coefficient (Wildman–Crippen LogP) is -0.561. The molecule has 1 rings (SSSR count). The Morgan fingerprint density at radius 3 is 2.53 bits per heavy atom.